The molecule has 2 atom stereocenters. The zero-order chi connectivity index (χ0) is 37.0. The van der Waals surface area contributed by atoms with Crippen LogP contribution in [0.1, 0.15) is 71.4 Å². The zero-order valence-corrected chi connectivity index (χ0v) is 33.0. The minimum Gasteiger partial charge on any atom is -0.466 e. The Bertz CT molecular complexity index is 2930. The summed E-state index contributed by atoms with van der Waals surface area (Å²) in [5, 5.41) is 3.89. The monoisotopic (exact) mass is 730 g/mol. The van der Waals surface area contributed by atoms with Gasteiger partial charge in [-0.25, -0.2) is 0 Å². The molecule has 55 heavy (non-hydrogen) atoms. The second-order valence-electron chi connectivity index (χ2n) is 17.9. The molecule has 6 aromatic carbocycles. The lowest BCUT2D eigenvalue weighted by molar-refractivity contribution is 0.199. The molecule has 0 N–H and O–H groups in total. The maximum absolute atomic E-state index is 7.34. The van der Waals surface area contributed by atoms with Crippen molar-refractivity contribution in [2.24, 2.45) is 0 Å². The third-order valence-electron chi connectivity index (χ3n) is 14.2. The fourth-order valence-corrected chi connectivity index (χ4v) is 12.5. The predicted octanol–water partition coefficient (Wildman–Crippen LogP) is 12.7. The molecule has 2 aromatic heterocycles. The van der Waals surface area contributed by atoms with Gasteiger partial charge in [0, 0.05) is 59.0 Å². The molecule has 0 bridgehead atoms. The normalized spacial score (nSPS) is 20.9. The van der Waals surface area contributed by atoms with Crippen LogP contribution >= 0.6 is 11.3 Å². The van der Waals surface area contributed by atoms with E-state index in [-0.39, 0.29) is 23.2 Å². The highest BCUT2D eigenvalue weighted by atomic mass is 32.1. The number of hydrogen-bond donors (Lipinski definition) is 0. The van der Waals surface area contributed by atoms with Crippen molar-refractivity contribution >= 4 is 83.2 Å². The summed E-state index contributed by atoms with van der Waals surface area (Å²) >= 11 is 1.93. The average Bonchev–Trinajstić information content (AvgIpc) is 3.83. The van der Waals surface area contributed by atoms with E-state index in [4.69, 9.17) is 4.42 Å². The molecule has 4 aliphatic rings. The Morgan fingerprint density at radius 3 is 2.29 bits per heavy atom. The van der Waals surface area contributed by atoms with Crippen LogP contribution in [0.4, 0.5) is 22.7 Å². The Balaban J connectivity index is 1.28. The first-order chi connectivity index (χ1) is 26.7. The number of fused-ring (bicyclic) bond motifs is 13. The first-order valence-corrected chi connectivity index (χ1v) is 20.9. The Kier molecular flexibility index (Phi) is 6.25. The summed E-state index contributed by atoms with van der Waals surface area (Å²) in [4.78, 5) is 5.48. The minimum absolute atomic E-state index is 0.00301. The van der Waals surface area contributed by atoms with Gasteiger partial charge in [-0.1, -0.05) is 125 Å². The summed E-state index contributed by atoms with van der Waals surface area (Å²) in [6, 6.07) is 45.8. The molecule has 0 radical (unpaired) electrons. The van der Waals surface area contributed by atoms with Crippen LogP contribution in [0.15, 0.2) is 126 Å². The topological polar surface area (TPSA) is 19.6 Å². The van der Waals surface area contributed by atoms with E-state index in [0.717, 1.165) is 23.0 Å². The molecule has 3 nitrogen and oxygen atoms in total. The lowest BCUT2D eigenvalue weighted by Crippen LogP contribution is -2.70. The van der Waals surface area contributed by atoms with Gasteiger partial charge in [-0.15, -0.1) is 11.3 Å². The maximum atomic E-state index is 7.34. The van der Waals surface area contributed by atoms with E-state index in [2.05, 4.69) is 166 Å². The molecular formula is C50H43BN2OS. The molecule has 0 saturated heterocycles. The van der Waals surface area contributed by atoms with Crippen LogP contribution < -0.4 is 20.8 Å². The SMILES string of the molecule is CC(C)(C)c1ccc(N2c3cc4sc5ccccc5c4c4c3B(c3oc5ccccc5c32)N2c3c-4cccc3C3(C)CCCCC23C)c(-c2ccccc2)c1. The van der Waals surface area contributed by atoms with Crippen LogP contribution in [0.3, 0.4) is 0 Å². The zero-order valence-electron chi connectivity index (χ0n) is 32.2. The smallest absolute Gasteiger partial charge is 0.371 e. The summed E-state index contributed by atoms with van der Waals surface area (Å²) in [5.41, 5.74) is 16.4. The fraction of sp³-hybridized carbons (Fsp3) is 0.240. The Hall–Kier alpha value is -5.26. The first-order valence-electron chi connectivity index (χ1n) is 20.1. The number of anilines is 4. The maximum Gasteiger partial charge on any atom is 0.371 e. The quantitative estimate of drug-likeness (QED) is 0.165. The van der Waals surface area contributed by atoms with Gasteiger partial charge in [0.15, 0.2) is 0 Å². The molecular weight excluding hydrogens is 687 g/mol. The molecule has 2 unspecified atom stereocenters. The van der Waals surface area contributed by atoms with E-state index < -0.39 is 0 Å². The van der Waals surface area contributed by atoms with E-state index >= 15 is 0 Å². The lowest BCUT2D eigenvalue weighted by Gasteiger charge is -2.54. The molecule has 3 aliphatic heterocycles. The third kappa shape index (κ3) is 3.97. The van der Waals surface area contributed by atoms with Crippen LogP contribution in [0.5, 0.6) is 0 Å². The number of hydrogen-bond acceptors (Lipinski definition) is 4. The van der Waals surface area contributed by atoms with Gasteiger partial charge in [-0.05, 0) is 89.3 Å². The van der Waals surface area contributed by atoms with Crippen LogP contribution in [-0.4, -0.2) is 12.4 Å². The van der Waals surface area contributed by atoms with E-state index in [1.54, 1.807) is 0 Å². The van der Waals surface area contributed by atoms with Crippen molar-refractivity contribution in [3.63, 3.8) is 0 Å². The second-order valence-corrected chi connectivity index (χ2v) is 19.0. The van der Waals surface area contributed by atoms with Crippen LogP contribution in [0.25, 0.3) is 53.4 Å². The molecule has 0 spiro atoms. The lowest BCUT2D eigenvalue weighted by atomic mass is 9.44. The van der Waals surface area contributed by atoms with Crippen molar-refractivity contribution < 1.29 is 4.42 Å². The van der Waals surface area contributed by atoms with Crippen molar-refractivity contribution in [3.05, 3.63) is 132 Å². The molecule has 1 aliphatic carbocycles. The van der Waals surface area contributed by atoms with Gasteiger partial charge >= 0.3 is 6.85 Å². The number of para-hydroxylation sites is 2. The highest BCUT2D eigenvalue weighted by molar-refractivity contribution is 7.26. The van der Waals surface area contributed by atoms with E-state index in [1.165, 1.54) is 101 Å². The fourth-order valence-electron chi connectivity index (χ4n) is 11.3. The van der Waals surface area contributed by atoms with E-state index in [0.29, 0.717) is 0 Å². The van der Waals surface area contributed by atoms with Crippen molar-refractivity contribution in [1.29, 1.82) is 0 Å². The largest absolute Gasteiger partial charge is 0.466 e. The Morgan fingerprint density at radius 2 is 1.45 bits per heavy atom. The minimum atomic E-state index is -0.0725. The van der Waals surface area contributed by atoms with Crippen LogP contribution in [0, 0.1) is 0 Å². The van der Waals surface area contributed by atoms with Gasteiger partial charge in [0.05, 0.1) is 11.4 Å². The predicted molar refractivity (Wildman–Crippen MR) is 235 cm³/mol. The van der Waals surface area contributed by atoms with Crippen molar-refractivity contribution in [3.8, 4) is 22.3 Å². The first kappa shape index (κ1) is 32.0. The van der Waals surface area contributed by atoms with Crippen molar-refractivity contribution in [1.82, 2.24) is 0 Å². The van der Waals surface area contributed by atoms with Crippen molar-refractivity contribution in [2.45, 2.75) is 76.7 Å². The summed E-state index contributed by atoms with van der Waals surface area (Å²) in [7, 11) is 0. The summed E-state index contributed by atoms with van der Waals surface area (Å²) < 4.78 is 10.0. The van der Waals surface area contributed by atoms with Gasteiger partial charge in [-0.3, -0.25) is 0 Å². The van der Waals surface area contributed by atoms with Gasteiger partial charge < -0.3 is 14.1 Å². The van der Waals surface area contributed by atoms with Crippen molar-refractivity contribution in [2.75, 3.05) is 9.71 Å². The highest BCUT2D eigenvalue weighted by Crippen LogP contribution is 2.64. The number of nitrogens with zero attached hydrogens (tertiary/aromatic N) is 2. The molecule has 1 saturated carbocycles. The van der Waals surface area contributed by atoms with E-state index in [1.807, 2.05) is 11.3 Å². The number of furan rings is 1. The summed E-state index contributed by atoms with van der Waals surface area (Å²) in [6.07, 6.45) is 4.87. The standard InChI is InChI=1S/C50H43BN2OS/c1-48(2,3)31-24-25-37(35(28-31)30-16-7-6-8-17-30)52-38-29-41-42(33-19-10-12-23-40(33)55-41)43-34-20-15-21-36-45(34)53(50(5)27-14-13-26-49(36,50)4)51(44(38)43)47-46(52)32-18-9-11-22-39(32)54-47/h6-12,15-25,28-29H,13-14,26-27H2,1-5H3. The summed E-state index contributed by atoms with van der Waals surface area (Å²) in [6.45, 7) is 12.0. The molecule has 268 valence electrons. The average molecular weight is 731 g/mol. The van der Waals surface area contributed by atoms with Gasteiger partial charge in [0.25, 0.3) is 0 Å². The highest BCUT2D eigenvalue weighted by Gasteiger charge is 2.64. The molecule has 5 heteroatoms. The van der Waals surface area contributed by atoms with Gasteiger partial charge in [0.2, 0.25) is 0 Å². The summed E-state index contributed by atoms with van der Waals surface area (Å²) in [5.74, 6) is 0. The molecule has 12 rings (SSSR count). The molecule has 0 amide bonds. The Labute approximate surface area is 327 Å². The van der Waals surface area contributed by atoms with Crippen LogP contribution in [-0.2, 0) is 10.8 Å². The Morgan fingerprint density at radius 1 is 0.691 bits per heavy atom. The third-order valence-corrected chi connectivity index (χ3v) is 15.3. The van der Waals surface area contributed by atoms with E-state index in [9.17, 15) is 0 Å². The number of rotatable bonds is 2. The van der Waals surface area contributed by atoms with Gasteiger partial charge in [-0.2, -0.15) is 0 Å². The molecule has 1 fully saturated rings. The molecule has 8 aromatic rings. The van der Waals surface area contributed by atoms with Crippen LogP contribution in [0.2, 0.25) is 0 Å². The molecule has 5 heterocycles. The number of thiophene rings is 1. The number of benzene rings is 6. The second kappa shape index (κ2) is 10.7. The van der Waals surface area contributed by atoms with Gasteiger partial charge in [0.1, 0.15) is 11.2 Å².